The molecule has 5 N–H and O–H groups in total. The standard InChI is InChI=1S/C24H42N2.C8H13NO.C2H5NO.CH3NO/c1-18(2)23-13-14-24(19(3)15-23)26-20(4)11-12-22(17-25-5)16-21-9-7-6-8-10-21;1-8(7-10)6-9-4-2-3-5-9;1-2(3)4;2-1-3/h13-14,18,21-23,25H,6-12,15-17H2,1-5H3;7H,1-6H2;1H3,(H2,3,4);1H,(H2,2,3). The number of aldehydes is 1. The second kappa shape index (κ2) is 24.8. The smallest absolute Gasteiger partial charge is 0.214 e. The fourth-order valence-electron chi connectivity index (χ4n) is 5.90. The zero-order valence-electron chi connectivity index (χ0n) is 28.2. The summed E-state index contributed by atoms with van der Waals surface area (Å²) in [6.07, 6.45) is 20.5. The average molecular weight is 602 g/mol. The molecule has 1 saturated carbocycles. The van der Waals surface area contributed by atoms with Gasteiger partial charge in [-0.15, -0.1) is 0 Å². The Morgan fingerprint density at radius 1 is 1.14 bits per heavy atom. The van der Waals surface area contributed by atoms with Gasteiger partial charge in [0.2, 0.25) is 12.3 Å². The summed E-state index contributed by atoms with van der Waals surface area (Å²) >= 11 is 0. The minimum Gasteiger partial charge on any atom is -0.372 e. The van der Waals surface area contributed by atoms with E-state index in [1.807, 2.05) is 0 Å². The van der Waals surface area contributed by atoms with Gasteiger partial charge in [0.05, 0.1) is 5.70 Å². The summed E-state index contributed by atoms with van der Waals surface area (Å²) < 4.78 is 0. The highest BCUT2D eigenvalue weighted by atomic mass is 16.1. The quantitative estimate of drug-likeness (QED) is 0.144. The molecule has 3 aliphatic rings. The number of nitrogens with two attached hydrogens (primary N) is 2. The van der Waals surface area contributed by atoms with Crippen molar-refractivity contribution in [3.63, 3.8) is 0 Å². The zero-order chi connectivity index (χ0) is 32.6. The maximum absolute atomic E-state index is 10.2. The van der Waals surface area contributed by atoms with Crippen LogP contribution in [0.1, 0.15) is 105 Å². The lowest BCUT2D eigenvalue weighted by Crippen LogP contribution is -2.23. The Labute approximate surface area is 262 Å². The molecular formula is C35H63N5O3. The van der Waals surface area contributed by atoms with Gasteiger partial charge in [0.25, 0.3) is 0 Å². The highest BCUT2D eigenvalue weighted by molar-refractivity contribution is 5.83. The molecule has 0 spiro atoms. The van der Waals surface area contributed by atoms with Crippen LogP contribution in [-0.4, -0.2) is 62.4 Å². The second-order valence-corrected chi connectivity index (χ2v) is 12.7. The van der Waals surface area contributed by atoms with E-state index in [0.717, 1.165) is 56.6 Å². The van der Waals surface area contributed by atoms with Crippen LogP contribution < -0.4 is 16.8 Å². The number of aliphatic imine (C=N–C) groups is 1. The molecule has 2 fully saturated rings. The number of amides is 2. The van der Waals surface area contributed by atoms with Crippen molar-refractivity contribution in [3.05, 3.63) is 35.6 Å². The first-order valence-corrected chi connectivity index (χ1v) is 16.3. The van der Waals surface area contributed by atoms with Crippen LogP contribution in [0.5, 0.6) is 0 Å². The number of primary amides is 2. The second-order valence-electron chi connectivity index (χ2n) is 12.7. The monoisotopic (exact) mass is 601 g/mol. The van der Waals surface area contributed by atoms with Gasteiger partial charge in [-0.1, -0.05) is 58.6 Å². The minimum atomic E-state index is -0.333. The van der Waals surface area contributed by atoms with Crippen LogP contribution in [0.4, 0.5) is 0 Å². The fourth-order valence-corrected chi connectivity index (χ4v) is 5.90. The van der Waals surface area contributed by atoms with Crippen molar-refractivity contribution in [2.24, 2.45) is 40.1 Å². The molecule has 0 radical (unpaired) electrons. The third kappa shape index (κ3) is 20.9. The predicted octanol–water partition coefficient (Wildman–Crippen LogP) is 5.97. The Bertz CT molecular complexity index is 893. The van der Waals surface area contributed by atoms with Crippen LogP contribution >= 0.6 is 0 Å². The van der Waals surface area contributed by atoms with Gasteiger partial charge in [0.15, 0.2) is 0 Å². The van der Waals surface area contributed by atoms with Gasteiger partial charge in [-0.3, -0.25) is 24.3 Å². The lowest BCUT2D eigenvalue weighted by atomic mass is 9.81. The molecule has 2 amide bonds. The SMILES string of the molecule is C=C(C=O)CN1CCCC1.CC(N)=O.CNCC(CCC(C)=NC1=C(C)CC(C(C)C)C=C1)CC1CCCCC1.NC=O. The highest BCUT2D eigenvalue weighted by Crippen LogP contribution is 2.31. The summed E-state index contributed by atoms with van der Waals surface area (Å²) in [6.45, 7) is 18.2. The summed E-state index contributed by atoms with van der Waals surface area (Å²) in [6, 6.07) is 0. The molecule has 8 heteroatoms. The van der Waals surface area contributed by atoms with Gasteiger partial charge >= 0.3 is 0 Å². The number of nitrogens with one attached hydrogen (secondary N) is 1. The predicted molar refractivity (Wildman–Crippen MR) is 182 cm³/mol. The van der Waals surface area contributed by atoms with E-state index in [1.54, 1.807) is 0 Å². The van der Waals surface area contributed by atoms with E-state index in [2.05, 4.69) is 75.2 Å². The van der Waals surface area contributed by atoms with E-state index in [-0.39, 0.29) is 12.3 Å². The number of nitrogens with zero attached hydrogens (tertiary/aromatic N) is 2. The Morgan fingerprint density at radius 3 is 2.21 bits per heavy atom. The number of rotatable bonds is 12. The summed E-state index contributed by atoms with van der Waals surface area (Å²) in [7, 11) is 2.10. The molecule has 2 unspecified atom stereocenters. The number of hydrogen-bond donors (Lipinski definition) is 3. The fraction of sp³-hybridized carbons (Fsp3) is 0.714. The van der Waals surface area contributed by atoms with Gasteiger partial charge < -0.3 is 16.8 Å². The largest absolute Gasteiger partial charge is 0.372 e. The first-order valence-electron chi connectivity index (χ1n) is 16.3. The van der Waals surface area contributed by atoms with Crippen LogP contribution in [0.25, 0.3) is 0 Å². The van der Waals surface area contributed by atoms with Crippen molar-refractivity contribution in [2.45, 2.75) is 105 Å². The number of likely N-dealkylation sites (tertiary alicyclic amines) is 1. The lowest BCUT2D eigenvalue weighted by Gasteiger charge is -2.26. The van der Waals surface area contributed by atoms with Gasteiger partial charge in [-0.2, -0.15) is 0 Å². The third-order valence-electron chi connectivity index (χ3n) is 8.24. The molecular weight excluding hydrogens is 538 g/mol. The number of carbonyl (C=O) groups excluding carboxylic acids is 3. The van der Waals surface area contributed by atoms with Crippen molar-refractivity contribution in [1.82, 2.24) is 10.2 Å². The van der Waals surface area contributed by atoms with Gasteiger partial charge in [0, 0.05) is 19.2 Å². The van der Waals surface area contributed by atoms with Crippen molar-refractivity contribution in [1.29, 1.82) is 0 Å². The first-order chi connectivity index (χ1) is 20.5. The van der Waals surface area contributed by atoms with Crippen molar-refractivity contribution in [3.8, 4) is 0 Å². The molecule has 1 aliphatic heterocycles. The molecule has 0 aromatic heterocycles. The molecule has 3 rings (SSSR count). The van der Waals surface area contributed by atoms with Crippen molar-refractivity contribution in [2.75, 3.05) is 33.2 Å². The minimum absolute atomic E-state index is 0.250. The van der Waals surface area contributed by atoms with E-state index < -0.39 is 0 Å². The van der Waals surface area contributed by atoms with E-state index in [1.165, 1.54) is 88.1 Å². The van der Waals surface area contributed by atoms with Crippen LogP contribution in [-0.2, 0) is 14.4 Å². The Kier molecular flexibility index (Phi) is 23.3. The molecule has 1 saturated heterocycles. The summed E-state index contributed by atoms with van der Waals surface area (Å²) in [5, 5.41) is 3.42. The Hall–Kier alpha value is -2.58. The van der Waals surface area contributed by atoms with Crippen LogP contribution in [0, 0.1) is 23.7 Å². The molecule has 2 atom stereocenters. The molecule has 0 bridgehead atoms. The van der Waals surface area contributed by atoms with Crippen LogP contribution in [0.15, 0.2) is 40.6 Å². The molecule has 43 heavy (non-hydrogen) atoms. The summed E-state index contributed by atoms with van der Waals surface area (Å²) in [5.74, 6) is 2.84. The van der Waals surface area contributed by atoms with Crippen molar-refractivity contribution < 1.29 is 14.4 Å². The van der Waals surface area contributed by atoms with Gasteiger partial charge in [-0.05, 0) is 120 Å². The number of carbonyl (C=O) groups is 3. The molecule has 1 heterocycles. The van der Waals surface area contributed by atoms with Crippen LogP contribution in [0.3, 0.4) is 0 Å². The van der Waals surface area contributed by atoms with Gasteiger partial charge in [0.1, 0.15) is 6.29 Å². The van der Waals surface area contributed by atoms with E-state index >= 15 is 0 Å². The third-order valence-corrected chi connectivity index (χ3v) is 8.24. The van der Waals surface area contributed by atoms with E-state index in [0.29, 0.717) is 11.5 Å². The summed E-state index contributed by atoms with van der Waals surface area (Å²) in [4.78, 5) is 35.2. The van der Waals surface area contributed by atoms with E-state index in [4.69, 9.17) is 9.79 Å². The molecule has 0 aromatic carbocycles. The number of hydrogen-bond acceptors (Lipinski definition) is 6. The molecule has 246 valence electrons. The van der Waals surface area contributed by atoms with Gasteiger partial charge in [-0.25, -0.2) is 0 Å². The Balaban J connectivity index is 0.000000848. The topological polar surface area (TPSA) is 131 Å². The summed E-state index contributed by atoms with van der Waals surface area (Å²) in [5.41, 5.74) is 13.3. The van der Waals surface area contributed by atoms with Crippen LogP contribution in [0.2, 0.25) is 0 Å². The zero-order valence-corrected chi connectivity index (χ0v) is 28.2. The highest BCUT2D eigenvalue weighted by Gasteiger charge is 2.19. The normalized spacial score (nSPS) is 19.7. The first kappa shape index (κ1) is 40.4. The van der Waals surface area contributed by atoms with E-state index in [9.17, 15) is 9.59 Å². The number of allylic oxidation sites excluding steroid dienone is 3. The average Bonchev–Trinajstić information content (AvgIpc) is 3.47. The molecule has 8 nitrogen and oxygen atoms in total. The lowest BCUT2D eigenvalue weighted by molar-refractivity contribution is -0.116. The van der Waals surface area contributed by atoms with Crippen molar-refractivity contribution >= 4 is 24.3 Å². The molecule has 2 aliphatic carbocycles. The maximum Gasteiger partial charge on any atom is 0.214 e. The Morgan fingerprint density at radius 2 is 1.72 bits per heavy atom. The maximum atomic E-state index is 10.2. The molecule has 0 aromatic rings.